The number of hydrogen-bond donors (Lipinski definition) is 1. The van der Waals surface area contributed by atoms with Gasteiger partial charge in [0.25, 0.3) is 0 Å². The molecular weight excluding hydrogens is 216 g/mol. The first kappa shape index (κ1) is 13.8. The standard InChI is InChI=1S/C13H22N2O2/c1-10(14)11-5-6-12(13(9-11)16-4)17-8-7-15(2)3/h5-6,9-10H,7-8,14H2,1-4H3/t10-/m1/s1. The molecule has 0 saturated carbocycles. The van der Waals surface area contributed by atoms with E-state index in [1.54, 1.807) is 7.11 Å². The van der Waals surface area contributed by atoms with Crippen molar-refractivity contribution in [2.45, 2.75) is 13.0 Å². The molecule has 96 valence electrons. The van der Waals surface area contributed by atoms with Gasteiger partial charge < -0.3 is 20.1 Å². The van der Waals surface area contributed by atoms with Crippen LogP contribution in [0.5, 0.6) is 11.5 Å². The Balaban J connectivity index is 2.71. The van der Waals surface area contributed by atoms with Gasteiger partial charge in [0.05, 0.1) is 7.11 Å². The maximum Gasteiger partial charge on any atom is 0.161 e. The Hall–Kier alpha value is -1.26. The monoisotopic (exact) mass is 238 g/mol. The quantitative estimate of drug-likeness (QED) is 0.818. The molecule has 1 aromatic carbocycles. The fraction of sp³-hybridized carbons (Fsp3) is 0.538. The van der Waals surface area contributed by atoms with Crippen molar-refractivity contribution in [3.8, 4) is 11.5 Å². The Labute approximate surface area is 103 Å². The topological polar surface area (TPSA) is 47.7 Å². The van der Waals surface area contributed by atoms with Crippen LogP contribution in [-0.2, 0) is 0 Å². The molecule has 0 heterocycles. The molecule has 1 atom stereocenters. The van der Waals surface area contributed by atoms with Crippen molar-refractivity contribution in [2.24, 2.45) is 5.73 Å². The number of nitrogens with two attached hydrogens (primary N) is 1. The summed E-state index contributed by atoms with van der Waals surface area (Å²) in [6, 6.07) is 5.81. The van der Waals surface area contributed by atoms with Crippen LogP contribution in [0, 0.1) is 0 Å². The fourth-order valence-corrected chi connectivity index (χ4v) is 1.42. The van der Waals surface area contributed by atoms with Crippen molar-refractivity contribution in [1.29, 1.82) is 0 Å². The second-order valence-corrected chi connectivity index (χ2v) is 4.35. The van der Waals surface area contributed by atoms with Crippen molar-refractivity contribution in [2.75, 3.05) is 34.4 Å². The van der Waals surface area contributed by atoms with Crippen LogP contribution in [0.1, 0.15) is 18.5 Å². The van der Waals surface area contributed by atoms with E-state index in [4.69, 9.17) is 15.2 Å². The van der Waals surface area contributed by atoms with Crippen LogP contribution in [0.25, 0.3) is 0 Å². The van der Waals surface area contributed by atoms with Crippen molar-refractivity contribution in [3.05, 3.63) is 23.8 Å². The van der Waals surface area contributed by atoms with Gasteiger partial charge >= 0.3 is 0 Å². The van der Waals surface area contributed by atoms with E-state index in [1.807, 2.05) is 39.2 Å². The molecule has 0 aliphatic rings. The van der Waals surface area contributed by atoms with Gasteiger partial charge in [-0.15, -0.1) is 0 Å². The zero-order valence-corrected chi connectivity index (χ0v) is 11.1. The van der Waals surface area contributed by atoms with Crippen LogP contribution in [0.3, 0.4) is 0 Å². The van der Waals surface area contributed by atoms with Gasteiger partial charge in [-0.05, 0) is 38.7 Å². The van der Waals surface area contributed by atoms with Crippen molar-refractivity contribution >= 4 is 0 Å². The van der Waals surface area contributed by atoms with E-state index >= 15 is 0 Å². The number of nitrogens with zero attached hydrogens (tertiary/aromatic N) is 1. The Morgan fingerprint density at radius 3 is 2.53 bits per heavy atom. The Bertz CT molecular complexity index is 351. The van der Waals surface area contributed by atoms with E-state index < -0.39 is 0 Å². The van der Waals surface area contributed by atoms with Crippen LogP contribution in [-0.4, -0.2) is 39.3 Å². The molecule has 0 aromatic heterocycles. The minimum Gasteiger partial charge on any atom is -0.493 e. The van der Waals surface area contributed by atoms with Gasteiger partial charge in [0.15, 0.2) is 11.5 Å². The van der Waals surface area contributed by atoms with Gasteiger partial charge in [-0.25, -0.2) is 0 Å². The van der Waals surface area contributed by atoms with E-state index in [0.717, 1.165) is 23.6 Å². The van der Waals surface area contributed by atoms with Crippen molar-refractivity contribution < 1.29 is 9.47 Å². The van der Waals surface area contributed by atoms with Crippen LogP contribution in [0.4, 0.5) is 0 Å². The molecule has 0 unspecified atom stereocenters. The first-order chi connectivity index (χ1) is 8.04. The van der Waals surface area contributed by atoms with E-state index in [1.165, 1.54) is 0 Å². The molecule has 4 heteroatoms. The molecule has 1 aromatic rings. The Morgan fingerprint density at radius 1 is 1.29 bits per heavy atom. The number of hydrogen-bond acceptors (Lipinski definition) is 4. The van der Waals surface area contributed by atoms with E-state index in [0.29, 0.717) is 6.61 Å². The average Bonchev–Trinajstić information content (AvgIpc) is 2.28. The summed E-state index contributed by atoms with van der Waals surface area (Å²) in [5.41, 5.74) is 6.87. The number of benzene rings is 1. The molecule has 1 rings (SSSR count). The lowest BCUT2D eigenvalue weighted by molar-refractivity contribution is 0.250. The number of methoxy groups -OCH3 is 1. The van der Waals surface area contributed by atoms with E-state index in [-0.39, 0.29) is 6.04 Å². The van der Waals surface area contributed by atoms with Gasteiger partial charge in [-0.3, -0.25) is 0 Å². The summed E-state index contributed by atoms with van der Waals surface area (Å²) >= 11 is 0. The number of likely N-dealkylation sites (N-methyl/N-ethyl adjacent to an activating group) is 1. The van der Waals surface area contributed by atoms with Gasteiger partial charge in [-0.2, -0.15) is 0 Å². The zero-order chi connectivity index (χ0) is 12.8. The van der Waals surface area contributed by atoms with Crippen LogP contribution < -0.4 is 15.2 Å². The maximum atomic E-state index is 5.82. The molecule has 0 radical (unpaired) electrons. The lowest BCUT2D eigenvalue weighted by Gasteiger charge is -2.15. The van der Waals surface area contributed by atoms with Crippen molar-refractivity contribution in [1.82, 2.24) is 4.90 Å². The highest BCUT2D eigenvalue weighted by molar-refractivity contribution is 5.43. The molecule has 0 aliphatic carbocycles. The Kier molecular flexibility index (Phi) is 5.25. The molecule has 0 amide bonds. The molecule has 2 N–H and O–H groups in total. The lowest BCUT2D eigenvalue weighted by atomic mass is 10.1. The van der Waals surface area contributed by atoms with Gasteiger partial charge in [0.2, 0.25) is 0 Å². The second-order valence-electron chi connectivity index (χ2n) is 4.35. The molecule has 0 saturated heterocycles. The highest BCUT2D eigenvalue weighted by Gasteiger charge is 2.08. The minimum atomic E-state index is -0.000254. The molecule has 4 nitrogen and oxygen atoms in total. The number of ether oxygens (including phenoxy) is 2. The molecule has 0 bridgehead atoms. The smallest absolute Gasteiger partial charge is 0.161 e. The summed E-state index contributed by atoms with van der Waals surface area (Å²) in [5, 5.41) is 0. The molecule has 17 heavy (non-hydrogen) atoms. The van der Waals surface area contributed by atoms with E-state index in [9.17, 15) is 0 Å². The predicted octanol–water partition coefficient (Wildman–Crippen LogP) is 1.66. The fourth-order valence-electron chi connectivity index (χ4n) is 1.42. The summed E-state index contributed by atoms with van der Waals surface area (Å²) in [6.07, 6.45) is 0. The first-order valence-electron chi connectivity index (χ1n) is 5.75. The molecule has 0 fully saturated rings. The minimum absolute atomic E-state index is 0.000254. The third-order valence-corrected chi connectivity index (χ3v) is 2.51. The maximum absolute atomic E-state index is 5.82. The predicted molar refractivity (Wildman–Crippen MR) is 69.6 cm³/mol. The van der Waals surface area contributed by atoms with Gasteiger partial charge in [0, 0.05) is 12.6 Å². The summed E-state index contributed by atoms with van der Waals surface area (Å²) in [5.74, 6) is 1.50. The second kappa shape index (κ2) is 6.47. The van der Waals surface area contributed by atoms with Crippen LogP contribution in [0.2, 0.25) is 0 Å². The summed E-state index contributed by atoms with van der Waals surface area (Å²) in [6.45, 7) is 3.46. The molecule has 0 aliphatic heterocycles. The SMILES string of the molecule is COc1cc([C@@H](C)N)ccc1OCCN(C)C. The van der Waals surface area contributed by atoms with Crippen LogP contribution in [0.15, 0.2) is 18.2 Å². The zero-order valence-electron chi connectivity index (χ0n) is 11.1. The molecular formula is C13H22N2O2. The summed E-state index contributed by atoms with van der Waals surface area (Å²) < 4.78 is 11.0. The normalized spacial score (nSPS) is 12.6. The lowest BCUT2D eigenvalue weighted by Crippen LogP contribution is -2.19. The first-order valence-corrected chi connectivity index (χ1v) is 5.75. The van der Waals surface area contributed by atoms with Gasteiger partial charge in [0.1, 0.15) is 6.61 Å². The third kappa shape index (κ3) is 4.24. The Morgan fingerprint density at radius 2 is 2.00 bits per heavy atom. The largest absolute Gasteiger partial charge is 0.493 e. The van der Waals surface area contributed by atoms with Gasteiger partial charge in [-0.1, -0.05) is 6.07 Å². The summed E-state index contributed by atoms with van der Waals surface area (Å²) in [7, 11) is 5.67. The average molecular weight is 238 g/mol. The number of rotatable bonds is 6. The third-order valence-electron chi connectivity index (χ3n) is 2.51. The van der Waals surface area contributed by atoms with E-state index in [2.05, 4.69) is 4.90 Å². The summed E-state index contributed by atoms with van der Waals surface area (Å²) in [4.78, 5) is 2.07. The molecule has 0 spiro atoms. The van der Waals surface area contributed by atoms with Crippen molar-refractivity contribution in [3.63, 3.8) is 0 Å². The van der Waals surface area contributed by atoms with Crippen LogP contribution >= 0.6 is 0 Å². The highest BCUT2D eigenvalue weighted by atomic mass is 16.5. The highest BCUT2D eigenvalue weighted by Crippen LogP contribution is 2.29.